The zero-order chi connectivity index (χ0) is 12.8. The molecule has 0 aliphatic rings. The lowest BCUT2D eigenvalue weighted by Crippen LogP contribution is -2.08. The Hall–Kier alpha value is -2.16. The van der Waals surface area contributed by atoms with E-state index in [4.69, 9.17) is 4.42 Å². The van der Waals surface area contributed by atoms with E-state index in [0.29, 0.717) is 22.4 Å². The van der Waals surface area contributed by atoms with Crippen molar-refractivity contribution in [3.05, 3.63) is 53.0 Å². The van der Waals surface area contributed by atoms with Crippen LogP contribution in [0.25, 0.3) is 23.3 Å². The van der Waals surface area contributed by atoms with Crippen LogP contribution in [0.3, 0.4) is 0 Å². The highest BCUT2D eigenvalue weighted by molar-refractivity contribution is 5.76. The number of hydrogen-bond acceptors (Lipinski definition) is 3. The fourth-order valence-electron chi connectivity index (χ4n) is 1.40. The quantitative estimate of drug-likeness (QED) is 0.791. The van der Waals surface area contributed by atoms with Crippen molar-refractivity contribution in [2.24, 2.45) is 0 Å². The van der Waals surface area contributed by atoms with Gasteiger partial charge in [-0.25, -0.2) is 4.98 Å². The molecule has 88 valence electrons. The average Bonchev–Trinajstić information content (AvgIpc) is 2.41. The van der Waals surface area contributed by atoms with Gasteiger partial charge in [0.1, 0.15) is 5.76 Å². The predicted molar refractivity (Wildman–Crippen MR) is 71.8 cm³/mol. The maximum absolute atomic E-state index is 11.9. The van der Waals surface area contributed by atoms with E-state index in [1.165, 1.54) is 12.2 Å². The summed E-state index contributed by atoms with van der Waals surface area (Å²) in [5, 5.41) is 0. The molecule has 0 aromatic carbocycles. The Morgan fingerprint density at radius 1 is 1.29 bits per heavy atom. The second kappa shape index (κ2) is 5.80. The van der Waals surface area contributed by atoms with Gasteiger partial charge < -0.3 is 4.42 Å². The standard InChI is InChI=1S/C12H9NO2.C2H6/c1-3-8-9(4-2)15-10-6-5-7-13-11(10)12(8)14;1-2/h3-7H,1-2H2;1-2H3. The highest BCUT2D eigenvalue weighted by Crippen LogP contribution is 2.15. The Labute approximate surface area is 100 Å². The summed E-state index contributed by atoms with van der Waals surface area (Å²) in [4.78, 5) is 15.9. The van der Waals surface area contributed by atoms with Gasteiger partial charge in [0, 0.05) is 6.20 Å². The minimum Gasteiger partial charge on any atom is -0.454 e. The van der Waals surface area contributed by atoms with Crippen LogP contribution in [0.5, 0.6) is 0 Å². The molecule has 0 aliphatic carbocycles. The van der Waals surface area contributed by atoms with Crippen LogP contribution >= 0.6 is 0 Å². The molecule has 0 unspecified atom stereocenters. The third-order valence-corrected chi connectivity index (χ3v) is 2.11. The van der Waals surface area contributed by atoms with E-state index in [1.54, 1.807) is 18.3 Å². The van der Waals surface area contributed by atoms with E-state index in [1.807, 2.05) is 13.8 Å². The van der Waals surface area contributed by atoms with Crippen molar-refractivity contribution in [1.82, 2.24) is 4.98 Å². The molecule has 2 rings (SSSR count). The first-order chi connectivity index (χ1) is 8.27. The van der Waals surface area contributed by atoms with E-state index in [2.05, 4.69) is 18.1 Å². The van der Waals surface area contributed by atoms with Crippen molar-refractivity contribution in [3.8, 4) is 0 Å². The van der Waals surface area contributed by atoms with Gasteiger partial charge in [0.25, 0.3) is 0 Å². The first-order valence-corrected chi connectivity index (χ1v) is 5.44. The van der Waals surface area contributed by atoms with Gasteiger partial charge in [0.2, 0.25) is 5.43 Å². The molecular weight excluding hydrogens is 214 g/mol. The number of rotatable bonds is 2. The molecule has 3 nitrogen and oxygen atoms in total. The minimum atomic E-state index is -0.179. The van der Waals surface area contributed by atoms with Gasteiger partial charge in [-0.1, -0.05) is 33.1 Å². The van der Waals surface area contributed by atoms with Gasteiger partial charge in [-0.15, -0.1) is 0 Å². The van der Waals surface area contributed by atoms with Crippen molar-refractivity contribution in [1.29, 1.82) is 0 Å². The van der Waals surface area contributed by atoms with Crippen molar-refractivity contribution in [2.75, 3.05) is 0 Å². The van der Waals surface area contributed by atoms with Crippen molar-refractivity contribution < 1.29 is 4.42 Å². The molecule has 0 bridgehead atoms. The highest BCUT2D eigenvalue weighted by atomic mass is 16.3. The fourth-order valence-corrected chi connectivity index (χ4v) is 1.40. The van der Waals surface area contributed by atoms with Crippen LogP contribution in [-0.2, 0) is 0 Å². The van der Waals surface area contributed by atoms with Crippen molar-refractivity contribution in [2.45, 2.75) is 13.8 Å². The van der Waals surface area contributed by atoms with Crippen molar-refractivity contribution in [3.63, 3.8) is 0 Å². The number of pyridine rings is 1. The van der Waals surface area contributed by atoms with Gasteiger partial charge in [-0.05, 0) is 18.2 Å². The molecule has 0 saturated heterocycles. The SMILES string of the molecule is C=Cc1oc2cccnc2c(=O)c1C=C.CC. The molecule has 0 radical (unpaired) electrons. The topological polar surface area (TPSA) is 43.1 Å². The molecule has 2 aromatic heterocycles. The van der Waals surface area contributed by atoms with Gasteiger partial charge in [0.05, 0.1) is 5.56 Å². The number of aromatic nitrogens is 1. The molecule has 0 saturated carbocycles. The molecule has 0 amide bonds. The van der Waals surface area contributed by atoms with Crippen LogP contribution in [0.2, 0.25) is 0 Å². The molecule has 17 heavy (non-hydrogen) atoms. The summed E-state index contributed by atoms with van der Waals surface area (Å²) in [6.07, 6.45) is 4.50. The fraction of sp³-hybridized carbons (Fsp3) is 0.143. The van der Waals surface area contributed by atoms with Crippen LogP contribution in [-0.4, -0.2) is 4.98 Å². The molecule has 0 N–H and O–H groups in total. The molecule has 2 aromatic rings. The number of nitrogens with zero attached hydrogens (tertiary/aromatic N) is 1. The van der Waals surface area contributed by atoms with Gasteiger partial charge in [-0.3, -0.25) is 4.79 Å². The summed E-state index contributed by atoms with van der Waals surface area (Å²) < 4.78 is 5.46. The summed E-state index contributed by atoms with van der Waals surface area (Å²) in [6.45, 7) is 11.2. The third-order valence-electron chi connectivity index (χ3n) is 2.11. The van der Waals surface area contributed by atoms with Crippen LogP contribution in [0.4, 0.5) is 0 Å². The van der Waals surface area contributed by atoms with Crippen LogP contribution in [0.15, 0.2) is 40.7 Å². The Bertz CT molecular complexity index is 597. The molecule has 0 aliphatic heterocycles. The summed E-state index contributed by atoms with van der Waals surface area (Å²) in [5.74, 6) is 0.426. The number of hydrogen-bond donors (Lipinski definition) is 0. The second-order valence-electron chi connectivity index (χ2n) is 2.97. The maximum Gasteiger partial charge on any atom is 0.218 e. The maximum atomic E-state index is 11.9. The minimum absolute atomic E-state index is 0.179. The van der Waals surface area contributed by atoms with E-state index in [9.17, 15) is 4.79 Å². The Morgan fingerprint density at radius 2 is 2.00 bits per heavy atom. The van der Waals surface area contributed by atoms with Crippen molar-refractivity contribution >= 4 is 23.3 Å². The van der Waals surface area contributed by atoms with Crippen LogP contribution in [0.1, 0.15) is 25.2 Å². The van der Waals surface area contributed by atoms with Crippen LogP contribution in [0, 0.1) is 0 Å². The van der Waals surface area contributed by atoms with E-state index < -0.39 is 0 Å². The van der Waals surface area contributed by atoms with Gasteiger partial charge in [-0.2, -0.15) is 0 Å². The Morgan fingerprint density at radius 3 is 2.59 bits per heavy atom. The molecule has 2 heterocycles. The van der Waals surface area contributed by atoms with E-state index in [0.717, 1.165) is 0 Å². The molecular formula is C14H15NO2. The second-order valence-corrected chi connectivity index (χ2v) is 2.97. The highest BCUT2D eigenvalue weighted by Gasteiger charge is 2.09. The first kappa shape index (κ1) is 12.9. The van der Waals surface area contributed by atoms with E-state index in [-0.39, 0.29) is 5.43 Å². The normalized spacial score (nSPS) is 9.29. The lowest BCUT2D eigenvalue weighted by atomic mass is 10.2. The Kier molecular flexibility index (Phi) is 4.40. The summed E-state index contributed by atoms with van der Waals surface area (Å²) in [5.41, 5.74) is 0.999. The lowest BCUT2D eigenvalue weighted by molar-refractivity contribution is 0.588. The predicted octanol–water partition coefficient (Wildman–Crippen LogP) is 3.50. The zero-order valence-corrected chi connectivity index (χ0v) is 10.1. The first-order valence-electron chi connectivity index (χ1n) is 5.44. The zero-order valence-electron chi connectivity index (χ0n) is 10.1. The molecule has 0 spiro atoms. The Balaban J connectivity index is 0.000000686. The number of fused-ring (bicyclic) bond motifs is 1. The molecule has 0 atom stereocenters. The average molecular weight is 229 g/mol. The summed E-state index contributed by atoms with van der Waals surface area (Å²) in [6, 6.07) is 3.41. The monoisotopic (exact) mass is 229 g/mol. The lowest BCUT2D eigenvalue weighted by Gasteiger charge is -2.01. The molecule has 0 fully saturated rings. The largest absolute Gasteiger partial charge is 0.454 e. The smallest absolute Gasteiger partial charge is 0.218 e. The summed E-state index contributed by atoms with van der Waals surface area (Å²) >= 11 is 0. The van der Waals surface area contributed by atoms with Gasteiger partial charge in [0.15, 0.2) is 11.1 Å². The van der Waals surface area contributed by atoms with Gasteiger partial charge >= 0.3 is 0 Å². The van der Waals surface area contributed by atoms with E-state index >= 15 is 0 Å². The third kappa shape index (κ3) is 2.33. The summed E-state index contributed by atoms with van der Waals surface area (Å²) in [7, 11) is 0. The molecule has 3 heteroatoms. The van der Waals surface area contributed by atoms with Crippen LogP contribution < -0.4 is 5.43 Å².